The monoisotopic (exact) mass is 223 g/mol. The van der Waals surface area contributed by atoms with Crippen molar-refractivity contribution in [3.05, 3.63) is 29.8 Å². The Morgan fingerprint density at radius 2 is 2.12 bits per heavy atom. The predicted molar refractivity (Wildman–Crippen MR) is 61.2 cm³/mol. The van der Waals surface area contributed by atoms with Gasteiger partial charge in [-0.05, 0) is 19.9 Å². The molecule has 0 saturated carbocycles. The van der Waals surface area contributed by atoms with E-state index < -0.39 is 0 Å². The Morgan fingerprint density at radius 3 is 2.75 bits per heavy atom. The van der Waals surface area contributed by atoms with Gasteiger partial charge in [0.2, 0.25) is 0 Å². The molecule has 0 spiro atoms. The van der Waals surface area contributed by atoms with Gasteiger partial charge in [-0.15, -0.1) is 0 Å². The first-order valence-electron chi connectivity index (χ1n) is 5.28. The second-order valence-electron chi connectivity index (χ2n) is 3.42. The summed E-state index contributed by atoms with van der Waals surface area (Å²) in [5.41, 5.74) is 6.66. The van der Waals surface area contributed by atoms with E-state index in [-0.39, 0.29) is 18.6 Å². The zero-order valence-corrected chi connectivity index (χ0v) is 9.60. The lowest BCUT2D eigenvalue weighted by atomic mass is 10.1. The van der Waals surface area contributed by atoms with Gasteiger partial charge in [-0.2, -0.15) is 0 Å². The fourth-order valence-corrected chi connectivity index (χ4v) is 1.33. The number of ether oxygens (including phenoxy) is 2. The lowest BCUT2D eigenvalue weighted by Gasteiger charge is -2.13. The summed E-state index contributed by atoms with van der Waals surface area (Å²) in [7, 11) is 0. The normalized spacial score (nSPS) is 11.9. The van der Waals surface area contributed by atoms with Crippen LogP contribution < -0.4 is 10.5 Å². The van der Waals surface area contributed by atoms with Gasteiger partial charge in [0.25, 0.3) is 0 Å². The third kappa shape index (κ3) is 3.55. The van der Waals surface area contributed by atoms with Crippen LogP contribution in [-0.2, 0) is 9.53 Å². The molecule has 0 heterocycles. The van der Waals surface area contributed by atoms with E-state index in [0.29, 0.717) is 12.4 Å². The number of carbonyl (C=O) groups excluding carboxylic acids is 1. The second kappa shape index (κ2) is 6.12. The highest BCUT2D eigenvalue weighted by atomic mass is 16.6. The maximum absolute atomic E-state index is 11.1. The molecule has 0 radical (unpaired) electrons. The van der Waals surface area contributed by atoms with E-state index in [2.05, 4.69) is 0 Å². The number of esters is 1. The van der Waals surface area contributed by atoms with Crippen LogP contribution in [0.5, 0.6) is 5.75 Å². The van der Waals surface area contributed by atoms with Crippen molar-refractivity contribution < 1.29 is 14.3 Å². The van der Waals surface area contributed by atoms with Crippen molar-refractivity contribution in [3.8, 4) is 5.75 Å². The summed E-state index contributed by atoms with van der Waals surface area (Å²) in [4.78, 5) is 11.1. The summed E-state index contributed by atoms with van der Waals surface area (Å²) in [6, 6.07) is 7.27. The van der Waals surface area contributed by atoms with Crippen LogP contribution in [0.1, 0.15) is 25.5 Å². The van der Waals surface area contributed by atoms with Gasteiger partial charge in [-0.1, -0.05) is 18.2 Å². The molecule has 1 rings (SSSR count). The van der Waals surface area contributed by atoms with Crippen molar-refractivity contribution in [1.29, 1.82) is 0 Å². The van der Waals surface area contributed by atoms with Crippen LogP contribution in [0.25, 0.3) is 0 Å². The average Bonchev–Trinajstić information content (AvgIpc) is 2.27. The SMILES string of the molecule is CCOC(=O)COc1ccccc1C(C)N. The second-order valence-corrected chi connectivity index (χ2v) is 3.42. The van der Waals surface area contributed by atoms with Crippen molar-refractivity contribution in [2.45, 2.75) is 19.9 Å². The molecule has 16 heavy (non-hydrogen) atoms. The van der Waals surface area contributed by atoms with Crippen LogP contribution in [0.15, 0.2) is 24.3 Å². The van der Waals surface area contributed by atoms with Gasteiger partial charge in [0, 0.05) is 11.6 Å². The highest BCUT2D eigenvalue weighted by Crippen LogP contribution is 2.22. The van der Waals surface area contributed by atoms with E-state index in [4.69, 9.17) is 15.2 Å². The Hall–Kier alpha value is -1.55. The third-order valence-corrected chi connectivity index (χ3v) is 2.06. The summed E-state index contributed by atoms with van der Waals surface area (Å²) in [5.74, 6) is 0.257. The standard InChI is InChI=1S/C12H17NO3/c1-3-15-12(14)8-16-11-7-5-4-6-10(11)9(2)13/h4-7,9H,3,8,13H2,1-2H3. The fraction of sp³-hybridized carbons (Fsp3) is 0.417. The molecule has 4 nitrogen and oxygen atoms in total. The molecule has 0 saturated heterocycles. The molecule has 2 N–H and O–H groups in total. The summed E-state index contributed by atoms with van der Waals surface area (Å²) >= 11 is 0. The highest BCUT2D eigenvalue weighted by molar-refractivity contribution is 5.71. The van der Waals surface area contributed by atoms with Gasteiger partial charge < -0.3 is 15.2 Å². The van der Waals surface area contributed by atoms with Crippen LogP contribution >= 0.6 is 0 Å². The van der Waals surface area contributed by atoms with E-state index in [1.807, 2.05) is 25.1 Å². The Morgan fingerprint density at radius 1 is 1.44 bits per heavy atom. The highest BCUT2D eigenvalue weighted by Gasteiger charge is 2.09. The molecule has 1 aromatic carbocycles. The first-order chi connectivity index (χ1) is 7.65. The van der Waals surface area contributed by atoms with Crippen molar-refractivity contribution in [2.24, 2.45) is 5.73 Å². The molecule has 0 aliphatic carbocycles. The lowest BCUT2D eigenvalue weighted by Crippen LogP contribution is -2.16. The van der Waals surface area contributed by atoms with Gasteiger partial charge in [0.05, 0.1) is 6.61 Å². The third-order valence-electron chi connectivity index (χ3n) is 2.06. The van der Waals surface area contributed by atoms with Crippen LogP contribution in [0.4, 0.5) is 0 Å². The molecule has 0 aliphatic heterocycles. The molecule has 88 valence electrons. The van der Waals surface area contributed by atoms with E-state index in [0.717, 1.165) is 5.56 Å². The average molecular weight is 223 g/mol. The van der Waals surface area contributed by atoms with Gasteiger partial charge >= 0.3 is 5.97 Å². The maximum Gasteiger partial charge on any atom is 0.344 e. The van der Waals surface area contributed by atoms with Crippen LogP contribution in [0.2, 0.25) is 0 Å². The summed E-state index contributed by atoms with van der Waals surface area (Å²) in [6.45, 7) is 3.90. The van der Waals surface area contributed by atoms with E-state index in [1.54, 1.807) is 13.0 Å². The number of hydrogen-bond donors (Lipinski definition) is 1. The molecular weight excluding hydrogens is 206 g/mol. The number of para-hydroxylation sites is 1. The molecule has 0 fully saturated rings. The van der Waals surface area contributed by atoms with Gasteiger partial charge in [0.1, 0.15) is 5.75 Å². The lowest BCUT2D eigenvalue weighted by molar-refractivity contribution is -0.145. The minimum absolute atomic E-state index is 0.0857. The van der Waals surface area contributed by atoms with Crippen molar-refractivity contribution in [2.75, 3.05) is 13.2 Å². The van der Waals surface area contributed by atoms with Crippen molar-refractivity contribution in [1.82, 2.24) is 0 Å². The zero-order valence-electron chi connectivity index (χ0n) is 9.60. The van der Waals surface area contributed by atoms with E-state index in [9.17, 15) is 4.79 Å². The topological polar surface area (TPSA) is 61.5 Å². The molecular formula is C12H17NO3. The smallest absolute Gasteiger partial charge is 0.344 e. The van der Waals surface area contributed by atoms with Crippen LogP contribution in [0.3, 0.4) is 0 Å². The van der Waals surface area contributed by atoms with Crippen molar-refractivity contribution in [3.63, 3.8) is 0 Å². The molecule has 0 aromatic heterocycles. The summed E-state index contributed by atoms with van der Waals surface area (Å²) < 4.78 is 10.1. The quantitative estimate of drug-likeness (QED) is 0.771. The van der Waals surface area contributed by atoms with Crippen LogP contribution in [-0.4, -0.2) is 19.2 Å². The molecule has 1 unspecified atom stereocenters. The fourth-order valence-electron chi connectivity index (χ4n) is 1.33. The Kier molecular flexibility index (Phi) is 4.79. The minimum Gasteiger partial charge on any atom is -0.482 e. The predicted octanol–water partition coefficient (Wildman–Crippen LogP) is 1.65. The Labute approximate surface area is 95.3 Å². The number of hydrogen-bond acceptors (Lipinski definition) is 4. The molecule has 0 aliphatic rings. The minimum atomic E-state index is -0.373. The Balaban J connectivity index is 2.63. The Bertz CT molecular complexity index is 350. The summed E-state index contributed by atoms with van der Waals surface area (Å²) in [5, 5.41) is 0. The molecule has 0 bridgehead atoms. The number of benzene rings is 1. The van der Waals surface area contributed by atoms with Crippen molar-refractivity contribution >= 4 is 5.97 Å². The van der Waals surface area contributed by atoms with Gasteiger partial charge in [-0.3, -0.25) is 0 Å². The molecule has 1 atom stereocenters. The summed E-state index contributed by atoms with van der Waals surface area (Å²) in [6.07, 6.45) is 0. The molecule has 0 amide bonds. The van der Waals surface area contributed by atoms with Crippen LogP contribution in [0, 0.1) is 0 Å². The number of nitrogens with two attached hydrogens (primary N) is 1. The number of rotatable bonds is 5. The van der Waals surface area contributed by atoms with E-state index in [1.165, 1.54) is 0 Å². The van der Waals surface area contributed by atoms with E-state index >= 15 is 0 Å². The number of carbonyl (C=O) groups is 1. The van der Waals surface area contributed by atoms with Gasteiger partial charge in [-0.25, -0.2) is 4.79 Å². The molecule has 1 aromatic rings. The molecule has 4 heteroatoms. The largest absolute Gasteiger partial charge is 0.482 e. The van der Waals surface area contributed by atoms with Gasteiger partial charge in [0.15, 0.2) is 6.61 Å². The first-order valence-corrected chi connectivity index (χ1v) is 5.28. The first kappa shape index (κ1) is 12.5. The zero-order chi connectivity index (χ0) is 12.0. The maximum atomic E-state index is 11.1.